The van der Waals surface area contributed by atoms with Crippen LogP contribution in [0.3, 0.4) is 0 Å². The fourth-order valence-electron chi connectivity index (χ4n) is 2.20. The van der Waals surface area contributed by atoms with Crippen molar-refractivity contribution in [3.8, 4) is 5.75 Å². The molecule has 0 aromatic heterocycles. The van der Waals surface area contributed by atoms with Gasteiger partial charge in [0.1, 0.15) is 5.75 Å². The normalized spacial score (nSPS) is 12.1. The Morgan fingerprint density at radius 2 is 1.74 bits per heavy atom. The van der Waals surface area contributed by atoms with E-state index in [4.69, 9.17) is 10.5 Å². The smallest absolute Gasteiger partial charge is 0.464 e. The van der Waals surface area contributed by atoms with Crippen molar-refractivity contribution in [2.75, 3.05) is 12.3 Å². The van der Waals surface area contributed by atoms with E-state index in [1.54, 1.807) is 26.0 Å². The van der Waals surface area contributed by atoms with Gasteiger partial charge in [0, 0.05) is 16.1 Å². The van der Waals surface area contributed by atoms with Gasteiger partial charge in [-0.2, -0.15) is 22.0 Å². The molecule has 0 aliphatic heterocycles. The lowest BCUT2D eigenvalue weighted by Crippen LogP contribution is -2.32. The molecule has 2 N–H and O–H groups in total. The summed E-state index contributed by atoms with van der Waals surface area (Å²) in [6.45, 7) is 3.06. The van der Waals surface area contributed by atoms with Crippen molar-refractivity contribution in [3.63, 3.8) is 0 Å². The Bertz CT molecular complexity index is 852. The maximum Gasteiger partial charge on any atom is 0.464 e. The first-order chi connectivity index (χ1) is 12.4. The number of alkyl halides is 5. The number of hydrogen-bond acceptors (Lipinski definition) is 4. The van der Waals surface area contributed by atoms with Crippen LogP contribution >= 0.6 is 11.8 Å². The number of nitrogens with two attached hydrogens (primary N) is 1. The molecule has 0 saturated carbocycles. The van der Waals surface area contributed by atoms with Crippen LogP contribution in [0.4, 0.5) is 27.6 Å². The third kappa shape index (κ3) is 5.12. The molecule has 146 valence electrons. The largest absolute Gasteiger partial charge is 0.485 e. The van der Waals surface area contributed by atoms with Crippen LogP contribution in [-0.2, 0) is 0 Å². The third-order valence-corrected chi connectivity index (χ3v) is 4.64. The standard InChI is InChI=1S/C18H16F5NO2S/c1-10-7-15(24)11(2)6-14(10)16(25)9-26-12-4-3-5-13(8-12)27-18(22,23)17(19,20)21/h3-8H,9,24H2,1-2H3. The van der Waals surface area contributed by atoms with Gasteiger partial charge < -0.3 is 10.5 Å². The number of hydrogen-bond donors (Lipinski definition) is 1. The number of halogens is 5. The quantitative estimate of drug-likeness (QED) is 0.303. The van der Waals surface area contributed by atoms with E-state index in [9.17, 15) is 26.7 Å². The summed E-state index contributed by atoms with van der Waals surface area (Å²) in [5, 5.41) is -4.93. The lowest BCUT2D eigenvalue weighted by molar-refractivity contribution is -0.237. The van der Waals surface area contributed by atoms with Crippen molar-refractivity contribution < 1.29 is 31.5 Å². The molecule has 0 unspecified atom stereocenters. The minimum Gasteiger partial charge on any atom is -0.485 e. The molecule has 0 heterocycles. The molecular weight excluding hydrogens is 389 g/mol. The predicted octanol–water partition coefficient (Wildman–Crippen LogP) is 5.39. The molecule has 0 radical (unpaired) electrons. The van der Waals surface area contributed by atoms with Crippen LogP contribution in [0.25, 0.3) is 0 Å². The number of aryl methyl sites for hydroxylation is 2. The average Bonchev–Trinajstić information content (AvgIpc) is 2.55. The molecule has 2 aromatic rings. The molecular formula is C18H16F5NO2S. The zero-order valence-corrected chi connectivity index (χ0v) is 15.2. The van der Waals surface area contributed by atoms with Gasteiger partial charge in [0.15, 0.2) is 12.4 Å². The van der Waals surface area contributed by atoms with Crippen LogP contribution in [0.5, 0.6) is 5.75 Å². The molecule has 0 bridgehead atoms. The SMILES string of the molecule is Cc1cc(C(=O)COc2cccc(SC(F)(F)C(F)(F)F)c2)c(C)cc1N. The molecule has 2 rings (SSSR count). The zero-order valence-electron chi connectivity index (χ0n) is 14.4. The Kier molecular flexibility index (Phi) is 6.04. The number of thioether (sulfide) groups is 1. The average molecular weight is 405 g/mol. The molecule has 27 heavy (non-hydrogen) atoms. The summed E-state index contributed by atoms with van der Waals surface area (Å²) in [4.78, 5) is 12.0. The Labute approximate surface area is 156 Å². The van der Waals surface area contributed by atoms with E-state index in [1.165, 1.54) is 12.1 Å². The number of anilines is 1. The molecule has 0 saturated heterocycles. The highest BCUT2D eigenvalue weighted by Crippen LogP contribution is 2.47. The lowest BCUT2D eigenvalue weighted by atomic mass is 10.0. The van der Waals surface area contributed by atoms with E-state index in [2.05, 4.69) is 0 Å². The molecule has 9 heteroatoms. The first kappa shape index (κ1) is 21.0. The van der Waals surface area contributed by atoms with Gasteiger partial charge in [-0.25, -0.2) is 0 Å². The van der Waals surface area contributed by atoms with E-state index >= 15 is 0 Å². The number of rotatable bonds is 6. The fourth-order valence-corrected chi connectivity index (χ4v) is 2.93. The summed E-state index contributed by atoms with van der Waals surface area (Å²) < 4.78 is 68.4. The minimum atomic E-state index is -5.67. The van der Waals surface area contributed by atoms with Gasteiger partial charge in [-0.3, -0.25) is 4.79 Å². The van der Waals surface area contributed by atoms with Crippen molar-refractivity contribution in [1.29, 1.82) is 0 Å². The molecule has 0 aliphatic rings. The van der Waals surface area contributed by atoms with E-state index in [1.807, 2.05) is 0 Å². The van der Waals surface area contributed by atoms with Crippen molar-refractivity contribution in [3.05, 3.63) is 53.1 Å². The molecule has 0 atom stereocenters. The number of Topliss-reactive ketones (excluding diaryl/α,β-unsaturated/α-hetero) is 1. The Morgan fingerprint density at radius 3 is 2.37 bits per heavy atom. The van der Waals surface area contributed by atoms with Crippen molar-refractivity contribution in [2.45, 2.75) is 30.2 Å². The highest BCUT2D eigenvalue weighted by Gasteiger charge is 2.58. The second-order valence-electron chi connectivity index (χ2n) is 5.83. The van der Waals surface area contributed by atoms with Crippen LogP contribution in [0, 0.1) is 13.8 Å². The number of nitrogen functional groups attached to an aromatic ring is 1. The Balaban J connectivity index is 2.09. The van der Waals surface area contributed by atoms with Gasteiger partial charge in [0.25, 0.3) is 0 Å². The molecule has 0 amide bonds. The summed E-state index contributed by atoms with van der Waals surface area (Å²) >= 11 is -0.634. The minimum absolute atomic E-state index is 0.0103. The van der Waals surface area contributed by atoms with Gasteiger partial charge in [-0.15, -0.1) is 0 Å². The van der Waals surface area contributed by atoms with Crippen LogP contribution in [0.1, 0.15) is 21.5 Å². The zero-order chi connectivity index (χ0) is 20.4. The monoisotopic (exact) mass is 405 g/mol. The maximum absolute atomic E-state index is 13.1. The van der Waals surface area contributed by atoms with Crippen LogP contribution in [0.2, 0.25) is 0 Å². The lowest BCUT2D eigenvalue weighted by Gasteiger charge is -2.18. The van der Waals surface area contributed by atoms with Crippen LogP contribution in [-0.4, -0.2) is 23.8 Å². The van der Waals surface area contributed by atoms with Gasteiger partial charge >= 0.3 is 11.4 Å². The van der Waals surface area contributed by atoms with Crippen molar-refractivity contribution >= 4 is 23.2 Å². The summed E-state index contributed by atoms with van der Waals surface area (Å²) in [7, 11) is 0. The molecule has 2 aromatic carbocycles. The van der Waals surface area contributed by atoms with E-state index in [0.29, 0.717) is 16.8 Å². The summed E-state index contributed by atoms with van der Waals surface area (Å²) in [5.74, 6) is -0.356. The summed E-state index contributed by atoms with van der Waals surface area (Å²) in [6.07, 6.45) is -5.67. The molecule has 3 nitrogen and oxygen atoms in total. The fraction of sp³-hybridized carbons (Fsp3) is 0.278. The van der Waals surface area contributed by atoms with E-state index in [0.717, 1.165) is 17.7 Å². The maximum atomic E-state index is 13.1. The topological polar surface area (TPSA) is 52.3 Å². The van der Waals surface area contributed by atoms with E-state index < -0.39 is 29.8 Å². The van der Waals surface area contributed by atoms with Gasteiger partial charge in [0.05, 0.1) is 0 Å². The first-order valence-corrected chi connectivity index (χ1v) is 8.48. The predicted molar refractivity (Wildman–Crippen MR) is 93.5 cm³/mol. The van der Waals surface area contributed by atoms with Crippen molar-refractivity contribution in [1.82, 2.24) is 0 Å². The van der Waals surface area contributed by atoms with E-state index in [-0.39, 0.29) is 16.4 Å². The highest BCUT2D eigenvalue weighted by molar-refractivity contribution is 8.00. The number of carbonyl (C=O) groups excluding carboxylic acids is 1. The molecule has 0 fully saturated rings. The van der Waals surface area contributed by atoms with Gasteiger partial charge in [0.2, 0.25) is 0 Å². The number of carbonyl (C=O) groups is 1. The van der Waals surface area contributed by atoms with Gasteiger partial charge in [-0.05, 0) is 67.1 Å². The van der Waals surface area contributed by atoms with Crippen LogP contribution in [0.15, 0.2) is 41.3 Å². The number of ketones is 1. The van der Waals surface area contributed by atoms with Gasteiger partial charge in [-0.1, -0.05) is 6.07 Å². The second-order valence-corrected chi connectivity index (χ2v) is 7.02. The second kappa shape index (κ2) is 7.75. The van der Waals surface area contributed by atoms with Crippen molar-refractivity contribution in [2.24, 2.45) is 0 Å². The number of benzene rings is 2. The molecule has 0 aliphatic carbocycles. The third-order valence-electron chi connectivity index (χ3n) is 3.66. The summed E-state index contributed by atoms with van der Waals surface area (Å²) in [6, 6.07) is 8.04. The Hall–Kier alpha value is -2.29. The highest BCUT2D eigenvalue weighted by atomic mass is 32.2. The molecule has 0 spiro atoms. The number of ether oxygens (including phenoxy) is 1. The summed E-state index contributed by atoms with van der Waals surface area (Å²) in [5.41, 5.74) is 8.08. The Morgan fingerprint density at radius 1 is 1.07 bits per heavy atom. The van der Waals surface area contributed by atoms with Crippen LogP contribution < -0.4 is 10.5 Å². The first-order valence-electron chi connectivity index (χ1n) is 7.67.